The minimum absolute atomic E-state index is 0.187. The van der Waals surface area contributed by atoms with Crippen molar-refractivity contribution in [2.45, 2.75) is 18.9 Å². The number of alkyl halides is 3. The Hall–Kier alpha value is -2.61. The number of hydrogen-bond donors (Lipinski definition) is 1. The number of aliphatic carboxylic acids is 1. The molecule has 0 aliphatic rings. The summed E-state index contributed by atoms with van der Waals surface area (Å²) < 4.78 is 53.0. The van der Waals surface area contributed by atoms with E-state index < -0.39 is 35.9 Å². The van der Waals surface area contributed by atoms with Crippen LogP contribution in [0.25, 0.3) is 0 Å². The summed E-state index contributed by atoms with van der Waals surface area (Å²) in [5.74, 6) is -3.88. The lowest BCUT2D eigenvalue weighted by Crippen LogP contribution is -2.36. The van der Waals surface area contributed by atoms with Gasteiger partial charge in [0, 0.05) is 11.9 Å². The summed E-state index contributed by atoms with van der Waals surface area (Å²) in [7, 11) is 0. The average molecular weight is 357 g/mol. The summed E-state index contributed by atoms with van der Waals surface area (Å²) in [5.41, 5.74) is 0.553. The largest absolute Gasteiger partial charge is 0.573 e. The van der Waals surface area contributed by atoms with Crippen LogP contribution in [0.3, 0.4) is 0 Å². The smallest absolute Gasteiger partial charge is 0.550 e. The van der Waals surface area contributed by atoms with E-state index >= 15 is 0 Å². The van der Waals surface area contributed by atoms with E-state index in [1.54, 1.807) is 0 Å². The number of hydrogen-bond acceptors (Lipinski definition) is 4. The van der Waals surface area contributed by atoms with E-state index in [-0.39, 0.29) is 12.0 Å². The van der Waals surface area contributed by atoms with Crippen LogP contribution in [0.15, 0.2) is 48.5 Å². The average Bonchev–Trinajstić information content (AvgIpc) is 2.52. The number of rotatable bonds is 6. The molecule has 2 atom stereocenters. The fraction of sp³-hybridized carbons (Fsp3) is 0.235. The highest BCUT2D eigenvalue weighted by atomic mass is 19.4. The summed E-state index contributed by atoms with van der Waals surface area (Å²) in [6.45, 7) is 0. The number of carboxylic acids is 1. The van der Waals surface area contributed by atoms with Gasteiger partial charge in [-0.3, -0.25) is 0 Å². The molecule has 2 aromatic carbocycles. The van der Waals surface area contributed by atoms with Gasteiger partial charge in [0.15, 0.2) is 0 Å². The summed E-state index contributed by atoms with van der Waals surface area (Å²) >= 11 is 0. The highest BCUT2D eigenvalue weighted by Crippen LogP contribution is 2.27. The number of halogens is 4. The van der Waals surface area contributed by atoms with Crippen molar-refractivity contribution >= 4 is 5.97 Å². The molecule has 2 rings (SSSR count). The third-order valence-corrected chi connectivity index (χ3v) is 3.51. The van der Waals surface area contributed by atoms with Crippen LogP contribution in [-0.2, 0) is 11.2 Å². The summed E-state index contributed by atoms with van der Waals surface area (Å²) in [6.07, 6.45) is -6.47. The first-order valence-electron chi connectivity index (χ1n) is 7.15. The van der Waals surface area contributed by atoms with Gasteiger partial charge >= 0.3 is 6.36 Å². The number of carbonyl (C=O) groups excluding carboxylic acids is 1. The fourth-order valence-electron chi connectivity index (χ4n) is 2.30. The molecule has 134 valence electrons. The third kappa shape index (κ3) is 5.46. The zero-order valence-electron chi connectivity index (χ0n) is 12.7. The van der Waals surface area contributed by atoms with Gasteiger partial charge in [0.05, 0.1) is 6.10 Å². The normalized spacial score (nSPS) is 14.0. The van der Waals surface area contributed by atoms with Crippen LogP contribution < -0.4 is 9.84 Å². The number of ether oxygens (including phenoxy) is 1. The van der Waals surface area contributed by atoms with Gasteiger partial charge in [-0.15, -0.1) is 13.2 Å². The summed E-state index contributed by atoms with van der Waals surface area (Å²) in [4.78, 5) is 11.3. The molecule has 0 aliphatic heterocycles. The van der Waals surface area contributed by atoms with Crippen LogP contribution in [0.1, 0.15) is 17.2 Å². The van der Waals surface area contributed by atoms with Gasteiger partial charge in [0.25, 0.3) is 0 Å². The summed E-state index contributed by atoms with van der Waals surface area (Å²) in [5, 5.41) is 21.5. The van der Waals surface area contributed by atoms with Crippen molar-refractivity contribution in [2.75, 3.05) is 0 Å². The lowest BCUT2D eigenvalue weighted by Gasteiger charge is -2.24. The molecule has 1 N–H and O–H groups in total. The van der Waals surface area contributed by atoms with Crippen LogP contribution >= 0.6 is 0 Å². The minimum atomic E-state index is -4.83. The zero-order valence-corrected chi connectivity index (χ0v) is 12.7. The van der Waals surface area contributed by atoms with Gasteiger partial charge in [-0.2, -0.15) is 0 Å². The lowest BCUT2D eigenvalue weighted by atomic mass is 9.90. The molecule has 0 saturated heterocycles. The fourth-order valence-corrected chi connectivity index (χ4v) is 2.30. The Labute approximate surface area is 140 Å². The van der Waals surface area contributed by atoms with E-state index in [4.69, 9.17) is 0 Å². The second-order valence-corrected chi connectivity index (χ2v) is 5.32. The number of carbonyl (C=O) groups is 1. The second kappa shape index (κ2) is 7.52. The van der Waals surface area contributed by atoms with E-state index in [2.05, 4.69) is 4.74 Å². The first kappa shape index (κ1) is 18.7. The monoisotopic (exact) mass is 357 g/mol. The number of benzene rings is 2. The molecular weight excluding hydrogens is 344 g/mol. The zero-order chi connectivity index (χ0) is 18.6. The van der Waals surface area contributed by atoms with Gasteiger partial charge in [-0.1, -0.05) is 24.3 Å². The predicted molar refractivity (Wildman–Crippen MR) is 76.7 cm³/mol. The number of aliphatic hydroxyl groups is 1. The molecule has 0 bridgehead atoms. The Bertz CT molecular complexity index is 711. The molecule has 25 heavy (non-hydrogen) atoms. The van der Waals surface area contributed by atoms with Crippen LogP contribution in [-0.4, -0.2) is 17.4 Å². The van der Waals surface area contributed by atoms with Crippen LogP contribution in [0.4, 0.5) is 17.6 Å². The van der Waals surface area contributed by atoms with Crippen molar-refractivity contribution in [3.63, 3.8) is 0 Å². The molecular formula is C17H13F4O4-. The molecule has 0 amide bonds. The van der Waals surface area contributed by atoms with Gasteiger partial charge in [-0.25, -0.2) is 4.39 Å². The highest BCUT2D eigenvalue weighted by molar-refractivity contribution is 5.69. The van der Waals surface area contributed by atoms with E-state index in [9.17, 15) is 32.6 Å². The standard InChI is InChI=1S/C17H14F4O4/c18-12-5-3-11(4-6-12)15(22)14(16(23)24)9-10-1-7-13(8-2-10)25-17(19,20)21/h1-8,14-15,22H,9H2,(H,23,24)/p-1. The van der Waals surface area contributed by atoms with E-state index in [0.717, 1.165) is 24.3 Å². The van der Waals surface area contributed by atoms with Crippen molar-refractivity contribution in [3.05, 3.63) is 65.5 Å². The lowest BCUT2D eigenvalue weighted by molar-refractivity contribution is -0.314. The Morgan fingerprint density at radius 3 is 2.12 bits per heavy atom. The Morgan fingerprint density at radius 1 is 1.08 bits per heavy atom. The van der Waals surface area contributed by atoms with Crippen molar-refractivity contribution in [3.8, 4) is 5.75 Å². The summed E-state index contributed by atoms with van der Waals surface area (Å²) in [6, 6.07) is 9.25. The topological polar surface area (TPSA) is 69.6 Å². The Morgan fingerprint density at radius 2 is 1.64 bits per heavy atom. The van der Waals surface area contributed by atoms with Crippen LogP contribution in [0, 0.1) is 11.7 Å². The van der Waals surface area contributed by atoms with Crippen molar-refractivity contribution in [1.82, 2.24) is 0 Å². The molecule has 0 aliphatic carbocycles. The quantitative estimate of drug-likeness (QED) is 0.806. The molecule has 0 aromatic heterocycles. The van der Waals surface area contributed by atoms with Crippen LogP contribution in [0.5, 0.6) is 5.75 Å². The minimum Gasteiger partial charge on any atom is -0.550 e. The Kier molecular flexibility index (Phi) is 5.63. The van der Waals surface area contributed by atoms with Crippen LogP contribution in [0.2, 0.25) is 0 Å². The van der Waals surface area contributed by atoms with Gasteiger partial charge in [0.2, 0.25) is 0 Å². The van der Waals surface area contributed by atoms with Crippen molar-refractivity contribution in [1.29, 1.82) is 0 Å². The molecule has 4 nitrogen and oxygen atoms in total. The predicted octanol–water partition coefficient (Wildman–Crippen LogP) is 2.37. The van der Waals surface area contributed by atoms with E-state index in [1.165, 1.54) is 24.3 Å². The van der Waals surface area contributed by atoms with Gasteiger partial charge in [-0.05, 0) is 41.8 Å². The maximum Gasteiger partial charge on any atom is 0.573 e. The first-order chi connectivity index (χ1) is 11.7. The second-order valence-electron chi connectivity index (χ2n) is 5.32. The van der Waals surface area contributed by atoms with E-state index in [1.807, 2.05) is 0 Å². The molecule has 0 fully saturated rings. The van der Waals surface area contributed by atoms with Gasteiger partial charge < -0.3 is 19.7 Å². The maximum atomic E-state index is 12.9. The van der Waals surface area contributed by atoms with Gasteiger partial charge in [0.1, 0.15) is 11.6 Å². The molecule has 0 saturated carbocycles. The molecule has 2 unspecified atom stereocenters. The molecule has 2 aromatic rings. The van der Waals surface area contributed by atoms with Crippen molar-refractivity contribution in [2.24, 2.45) is 5.92 Å². The molecule has 0 spiro atoms. The molecule has 8 heteroatoms. The Balaban J connectivity index is 2.13. The number of carboxylic acid groups (broad SMARTS) is 1. The van der Waals surface area contributed by atoms with E-state index in [0.29, 0.717) is 5.56 Å². The highest BCUT2D eigenvalue weighted by Gasteiger charge is 2.31. The van der Waals surface area contributed by atoms with Crippen molar-refractivity contribution < 1.29 is 37.3 Å². The maximum absolute atomic E-state index is 12.9. The first-order valence-corrected chi connectivity index (χ1v) is 7.15. The SMILES string of the molecule is O=C([O-])C(Cc1ccc(OC(F)(F)F)cc1)C(O)c1ccc(F)cc1. The number of aliphatic hydroxyl groups excluding tert-OH is 1. The molecule has 0 radical (unpaired) electrons. The third-order valence-electron chi connectivity index (χ3n) is 3.51. The molecule has 0 heterocycles.